The Labute approximate surface area is 173 Å². The first-order valence-electron chi connectivity index (χ1n) is 9.43. The lowest BCUT2D eigenvalue weighted by Gasteiger charge is -2.11. The van der Waals surface area contributed by atoms with Crippen LogP contribution in [0.25, 0.3) is 0 Å². The van der Waals surface area contributed by atoms with Gasteiger partial charge in [-0.15, -0.1) is 0 Å². The Hall–Kier alpha value is -3.55. The molecule has 1 heterocycles. The molecule has 1 aliphatic heterocycles. The fourth-order valence-corrected chi connectivity index (χ4v) is 2.95. The monoisotopic (exact) mass is 412 g/mol. The fraction of sp³-hybridized carbons (Fsp3) is 0.273. The Bertz CT molecular complexity index is 975. The van der Waals surface area contributed by atoms with E-state index < -0.39 is 24.2 Å². The van der Waals surface area contributed by atoms with Crippen LogP contribution in [0, 0.1) is 5.82 Å². The summed E-state index contributed by atoms with van der Waals surface area (Å²) in [7, 11) is 1.32. The summed E-state index contributed by atoms with van der Waals surface area (Å²) in [4.78, 5) is 36.2. The van der Waals surface area contributed by atoms with Gasteiger partial charge in [0.25, 0.3) is 0 Å². The molecule has 2 aromatic rings. The minimum atomic E-state index is -0.683. The zero-order chi connectivity index (χ0) is 21.5. The Morgan fingerprint density at radius 1 is 1.10 bits per heavy atom. The molecular formula is C22H21FN2O5. The summed E-state index contributed by atoms with van der Waals surface area (Å²) in [6.07, 6.45) is 0.401. The van der Waals surface area contributed by atoms with Crippen LogP contribution in [-0.2, 0) is 14.3 Å². The highest BCUT2D eigenvalue weighted by atomic mass is 19.1. The van der Waals surface area contributed by atoms with Crippen molar-refractivity contribution in [3.63, 3.8) is 0 Å². The van der Waals surface area contributed by atoms with Crippen LogP contribution in [0.1, 0.15) is 35.2 Å². The summed E-state index contributed by atoms with van der Waals surface area (Å²) in [5.41, 5.74) is 1.85. The topological polar surface area (TPSA) is 85.3 Å². The number of ether oxygens (including phenoxy) is 2. The van der Waals surface area contributed by atoms with Crippen LogP contribution in [0.15, 0.2) is 53.6 Å². The lowest BCUT2D eigenvalue weighted by atomic mass is 10.1. The molecule has 0 saturated carbocycles. The molecule has 0 bridgehead atoms. The summed E-state index contributed by atoms with van der Waals surface area (Å²) in [6, 6.07) is 13.3. The number of hydrazone groups is 1. The van der Waals surface area contributed by atoms with Crippen LogP contribution in [0.4, 0.5) is 4.39 Å². The van der Waals surface area contributed by atoms with Gasteiger partial charge in [-0.3, -0.25) is 14.4 Å². The van der Waals surface area contributed by atoms with Crippen LogP contribution in [0.5, 0.6) is 5.75 Å². The second-order valence-electron chi connectivity index (χ2n) is 6.61. The molecule has 0 aliphatic carbocycles. The van der Waals surface area contributed by atoms with E-state index in [9.17, 15) is 18.8 Å². The van der Waals surface area contributed by atoms with E-state index in [-0.39, 0.29) is 30.1 Å². The minimum absolute atomic E-state index is 0.0158. The predicted octanol–water partition coefficient (Wildman–Crippen LogP) is 2.98. The molecule has 0 radical (unpaired) electrons. The molecule has 1 aliphatic rings. The van der Waals surface area contributed by atoms with Crippen LogP contribution in [0.2, 0.25) is 0 Å². The maximum absolute atomic E-state index is 13.7. The van der Waals surface area contributed by atoms with Crippen molar-refractivity contribution in [2.45, 2.75) is 19.3 Å². The maximum Gasteiger partial charge on any atom is 0.306 e. The Balaban J connectivity index is 1.44. The highest BCUT2D eigenvalue weighted by Gasteiger charge is 2.22. The van der Waals surface area contributed by atoms with E-state index in [0.29, 0.717) is 13.0 Å². The molecule has 156 valence electrons. The number of carbonyl (C=O) groups is 3. The number of hydrogen-bond acceptors (Lipinski definition) is 6. The van der Waals surface area contributed by atoms with Crippen LogP contribution < -0.4 is 4.74 Å². The minimum Gasteiger partial charge on any atom is -0.494 e. The van der Waals surface area contributed by atoms with Crippen molar-refractivity contribution in [1.82, 2.24) is 5.01 Å². The number of carbonyl (C=O) groups excluding carboxylic acids is 3. The molecule has 0 fully saturated rings. The summed E-state index contributed by atoms with van der Waals surface area (Å²) >= 11 is 0. The van der Waals surface area contributed by atoms with Gasteiger partial charge >= 0.3 is 5.97 Å². The fourth-order valence-electron chi connectivity index (χ4n) is 2.95. The van der Waals surface area contributed by atoms with Gasteiger partial charge in [-0.1, -0.05) is 30.3 Å². The number of nitrogens with zero attached hydrogens (tertiary/aromatic N) is 2. The second kappa shape index (κ2) is 9.78. The third-order valence-electron chi connectivity index (χ3n) is 4.58. The third kappa shape index (κ3) is 5.28. The molecule has 0 atom stereocenters. The van der Waals surface area contributed by atoms with Gasteiger partial charge < -0.3 is 9.47 Å². The Morgan fingerprint density at radius 2 is 1.87 bits per heavy atom. The SMILES string of the molecule is COc1ccc(C(=O)COC(=O)CCC(=O)N2CCC(c3ccccc3)=N2)cc1F. The molecule has 0 spiro atoms. The predicted molar refractivity (Wildman–Crippen MR) is 107 cm³/mol. The van der Waals surface area contributed by atoms with Crippen molar-refractivity contribution in [2.24, 2.45) is 5.10 Å². The van der Waals surface area contributed by atoms with E-state index in [1.54, 1.807) is 0 Å². The van der Waals surface area contributed by atoms with Crippen LogP contribution in [-0.4, -0.2) is 48.6 Å². The van der Waals surface area contributed by atoms with Crippen molar-refractivity contribution in [3.8, 4) is 5.75 Å². The van der Waals surface area contributed by atoms with Gasteiger partial charge in [0, 0.05) is 18.4 Å². The molecule has 0 N–H and O–H groups in total. The highest BCUT2D eigenvalue weighted by molar-refractivity contribution is 6.02. The lowest BCUT2D eigenvalue weighted by molar-refractivity contribution is -0.145. The van der Waals surface area contributed by atoms with Crippen molar-refractivity contribution >= 4 is 23.4 Å². The summed E-state index contributed by atoms with van der Waals surface area (Å²) in [5, 5.41) is 5.67. The van der Waals surface area contributed by atoms with Gasteiger partial charge in [0.05, 0.1) is 25.8 Å². The zero-order valence-electron chi connectivity index (χ0n) is 16.5. The molecule has 7 nitrogen and oxygen atoms in total. The summed E-state index contributed by atoms with van der Waals surface area (Å²) in [5.74, 6) is -2.19. The van der Waals surface area contributed by atoms with Crippen LogP contribution in [0.3, 0.4) is 0 Å². The molecular weight excluding hydrogens is 391 g/mol. The van der Waals surface area contributed by atoms with E-state index in [1.165, 1.54) is 24.3 Å². The smallest absolute Gasteiger partial charge is 0.306 e. The number of Topliss-reactive ketones (excluding diaryl/α,β-unsaturated/α-hetero) is 1. The number of benzene rings is 2. The van der Waals surface area contributed by atoms with Crippen molar-refractivity contribution in [2.75, 3.05) is 20.3 Å². The first kappa shape index (κ1) is 21.2. The van der Waals surface area contributed by atoms with Gasteiger partial charge in [0.1, 0.15) is 0 Å². The second-order valence-corrected chi connectivity index (χ2v) is 6.61. The average Bonchev–Trinajstić information content (AvgIpc) is 3.26. The van der Waals surface area contributed by atoms with Crippen LogP contribution >= 0.6 is 0 Å². The van der Waals surface area contributed by atoms with Gasteiger partial charge in [0.15, 0.2) is 24.0 Å². The molecule has 0 unspecified atom stereocenters. The number of methoxy groups -OCH3 is 1. The molecule has 3 rings (SSSR count). The molecule has 1 amide bonds. The maximum atomic E-state index is 13.7. The number of esters is 1. The largest absolute Gasteiger partial charge is 0.494 e. The average molecular weight is 412 g/mol. The van der Waals surface area contributed by atoms with E-state index in [4.69, 9.17) is 9.47 Å². The highest BCUT2D eigenvalue weighted by Crippen LogP contribution is 2.18. The Morgan fingerprint density at radius 3 is 2.57 bits per heavy atom. The normalized spacial score (nSPS) is 13.0. The standard InChI is InChI=1S/C22H21FN2O5/c1-29-20-8-7-16(13-17(20)23)19(26)14-30-22(28)10-9-21(27)25-12-11-18(24-25)15-5-3-2-4-6-15/h2-8,13H,9-12,14H2,1H3. The van der Waals surface area contributed by atoms with Gasteiger partial charge in [-0.05, 0) is 23.8 Å². The number of amides is 1. The van der Waals surface area contributed by atoms with Gasteiger partial charge in [-0.2, -0.15) is 5.10 Å². The number of hydrogen-bond donors (Lipinski definition) is 0. The first-order valence-corrected chi connectivity index (χ1v) is 9.43. The third-order valence-corrected chi connectivity index (χ3v) is 4.58. The van der Waals surface area contributed by atoms with E-state index in [0.717, 1.165) is 17.3 Å². The summed E-state index contributed by atoms with van der Waals surface area (Å²) < 4.78 is 23.4. The molecule has 0 aromatic heterocycles. The Kier molecular flexibility index (Phi) is 6.90. The molecule has 0 saturated heterocycles. The van der Waals surface area contributed by atoms with Crippen molar-refractivity contribution < 1.29 is 28.2 Å². The number of rotatable bonds is 8. The molecule has 30 heavy (non-hydrogen) atoms. The summed E-state index contributed by atoms with van der Waals surface area (Å²) in [6.45, 7) is -0.0710. The van der Waals surface area contributed by atoms with E-state index >= 15 is 0 Å². The van der Waals surface area contributed by atoms with Crippen molar-refractivity contribution in [3.05, 3.63) is 65.5 Å². The zero-order valence-corrected chi connectivity index (χ0v) is 16.5. The quantitative estimate of drug-likeness (QED) is 0.492. The van der Waals surface area contributed by atoms with Gasteiger partial charge in [-0.25, -0.2) is 9.40 Å². The first-order chi connectivity index (χ1) is 14.5. The lowest BCUT2D eigenvalue weighted by Crippen LogP contribution is -2.24. The molecule has 2 aromatic carbocycles. The van der Waals surface area contributed by atoms with E-state index in [1.807, 2.05) is 30.3 Å². The number of halogens is 1. The van der Waals surface area contributed by atoms with E-state index in [2.05, 4.69) is 5.10 Å². The van der Waals surface area contributed by atoms with Crippen molar-refractivity contribution in [1.29, 1.82) is 0 Å². The number of ketones is 1. The molecule has 8 heteroatoms. The van der Waals surface area contributed by atoms with Gasteiger partial charge in [0.2, 0.25) is 5.91 Å².